The highest BCUT2D eigenvalue weighted by molar-refractivity contribution is 5.26. The molecule has 5 heteroatoms. The molecule has 0 unspecified atom stereocenters. The van der Waals surface area contributed by atoms with E-state index < -0.39 is 0 Å². The third-order valence-corrected chi connectivity index (χ3v) is 3.94. The first-order valence-corrected chi connectivity index (χ1v) is 7.17. The Hall–Kier alpha value is -1.88. The van der Waals surface area contributed by atoms with Crippen LogP contribution in [0.4, 0.5) is 0 Å². The lowest BCUT2D eigenvalue weighted by Crippen LogP contribution is -2.42. The zero-order valence-corrected chi connectivity index (χ0v) is 11.7. The van der Waals surface area contributed by atoms with E-state index in [0.717, 1.165) is 5.69 Å². The van der Waals surface area contributed by atoms with Crippen molar-refractivity contribution in [2.75, 3.05) is 0 Å². The molecule has 1 aliphatic carbocycles. The molecule has 1 fully saturated rings. The largest absolute Gasteiger partial charge is 0.431 e. The molecule has 1 aromatic carbocycles. The van der Waals surface area contributed by atoms with Gasteiger partial charge in [0.2, 0.25) is 5.69 Å². The van der Waals surface area contributed by atoms with Crippen molar-refractivity contribution in [3.63, 3.8) is 0 Å². The highest BCUT2D eigenvalue weighted by Crippen LogP contribution is 2.17. The summed E-state index contributed by atoms with van der Waals surface area (Å²) < 4.78 is 6.65. The van der Waals surface area contributed by atoms with Crippen LogP contribution in [0, 0.1) is 6.92 Å². The summed E-state index contributed by atoms with van der Waals surface area (Å²) in [5, 5.41) is 6.12. The zero-order valence-electron chi connectivity index (χ0n) is 11.7. The molecule has 1 aliphatic rings. The lowest BCUT2D eigenvalue weighted by Gasteiger charge is -2.08. The van der Waals surface area contributed by atoms with Crippen LogP contribution in [0.1, 0.15) is 36.9 Å². The van der Waals surface area contributed by atoms with Gasteiger partial charge in [-0.05, 0) is 29.7 Å². The maximum atomic E-state index is 11.8. The van der Waals surface area contributed by atoms with Crippen LogP contribution in [0.5, 0.6) is 0 Å². The van der Waals surface area contributed by atoms with Gasteiger partial charge in [-0.15, -0.1) is 0 Å². The number of H-pyrrole nitrogens is 1. The van der Waals surface area contributed by atoms with Crippen LogP contribution in [0.2, 0.25) is 0 Å². The Labute approximate surface area is 117 Å². The Morgan fingerprint density at radius 3 is 2.70 bits per heavy atom. The quantitative estimate of drug-likeness (QED) is 0.832. The SMILES string of the molecule is Cc1ccc(-[n+]2[nH]oc(=O)c2CNC2CCCC2)cc1. The fourth-order valence-corrected chi connectivity index (χ4v) is 2.72. The number of nitrogens with one attached hydrogen (secondary N) is 2. The van der Waals surface area contributed by atoms with E-state index in [4.69, 9.17) is 4.52 Å². The van der Waals surface area contributed by atoms with Gasteiger partial charge in [-0.25, -0.2) is 4.79 Å². The molecule has 1 aromatic heterocycles. The van der Waals surface area contributed by atoms with E-state index in [-0.39, 0.29) is 5.63 Å². The number of aromatic amines is 1. The van der Waals surface area contributed by atoms with E-state index in [0.29, 0.717) is 18.3 Å². The average Bonchev–Trinajstić information content (AvgIpc) is 3.07. The van der Waals surface area contributed by atoms with E-state index in [9.17, 15) is 4.79 Å². The molecule has 0 spiro atoms. The number of aryl methyl sites for hydroxylation is 1. The van der Waals surface area contributed by atoms with Crippen molar-refractivity contribution in [2.24, 2.45) is 0 Å². The molecule has 1 saturated carbocycles. The van der Waals surface area contributed by atoms with Crippen molar-refractivity contribution in [3.8, 4) is 5.69 Å². The molecule has 2 aromatic rings. The van der Waals surface area contributed by atoms with Gasteiger partial charge in [0, 0.05) is 18.2 Å². The van der Waals surface area contributed by atoms with Gasteiger partial charge in [-0.3, -0.25) is 4.52 Å². The molecule has 20 heavy (non-hydrogen) atoms. The first kappa shape index (κ1) is 13.1. The standard InChI is InChI=1S/C15H19N3O2/c1-11-6-8-13(9-7-11)18-14(15(19)20-17-18)10-16-12-4-2-3-5-12/h6-9,12,16H,2-5,10H2,1H3/p+1. The summed E-state index contributed by atoms with van der Waals surface area (Å²) in [7, 11) is 0. The Bertz CT molecular complexity index is 621. The van der Waals surface area contributed by atoms with Gasteiger partial charge in [-0.2, -0.15) is 0 Å². The molecule has 106 valence electrons. The smallest absolute Gasteiger partial charge is 0.304 e. The molecule has 0 amide bonds. The number of hydrogen-bond acceptors (Lipinski definition) is 3. The normalized spacial score (nSPS) is 15.8. The Balaban J connectivity index is 1.81. The summed E-state index contributed by atoms with van der Waals surface area (Å²) >= 11 is 0. The fraction of sp³-hybridized carbons (Fsp3) is 0.467. The summed E-state index contributed by atoms with van der Waals surface area (Å²) in [4.78, 5) is 11.8. The zero-order chi connectivity index (χ0) is 13.9. The van der Waals surface area contributed by atoms with Crippen molar-refractivity contribution in [3.05, 3.63) is 45.9 Å². The average molecular weight is 274 g/mol. The number of hydrogen-bond donors (Lipinski definition) is 2. The van der Waals surface area contributed by atoms with Gasteiger partial charge in [0.15, 0.2) is 0 Å². The maximum Gasteiger partial charge on any atom is 0.431 e. The van der Waals surface area contributed by atoms with Crippen molar-refractivity contribution >= 4 is 0 Å². The first-order chi connectivity index (χ1) is 9.74. The van der Waals surface area contributed by atoms with Gasteiger partial charge in [0.1, 0.15) is 0 Å². The van der Waals surface area contributed by atoms with Gasteiger partial charge < -0.3 is 5.32 Å². The van der Waals surface area contributed by atoms with Crippen LogP contribution in [0.3, 0.4) is 0 Å². The van der Waals surface area contributed by atoms with E-state index >= 15 is 0 Å². The minimum absolute atomic E-state index is 0.309. The Kier molecular flexibility index (Phi) is 3.69. The number of aromatic nitrogens is 2. The number of rotatable bonds is 4. The van der Waals surface area contributed by atoms with Gasteiger partial charge in [0.05, 0.1) is 6.54 Å². The fourth-order valence-electron chi connectivity index (χ4n) is 2.72. The minimum atomic E-state index is -0.309. The van der Waals surface area contributed by atoms with E-state index in [1.54, 1.807) is 4.68 Å². The molecular formula is C15H20N3O2+. The minimum Gasteiger partial charge on any atom is -0.304 e. The van der Waals surface area contributed by atoms with Crippen molar-refractivity contribution in [2.45, 2.75) is 45.2 Å². The first-order valence-electron chi connectivity index (χ1n) is 7.17. The van der Waals surface area contributed by atoms with Crippen LogP contribution >= 0.6 is 0 Å². The molecule has 0 aliphatic heterocycles. The molecule has 0 saturated heterocycles. The van der Waals surface area contributed by atoms with Gasteiger partial charge in [-0.1, -0.05) is 30.5 Å². The van der Waals surface area contributed by atoms with Crippen molar-refractivity contribution in [1.29, 1.82) is 0 Å². The molecule has 0 atom stereocenters. The summed E-state index contributed by atoms with van der Waals surface area (Å²) in [5.41, 5.74) is 2.40. The van der Waals surface area contributed by atoms with Gasteiger partial charge in [0.25, 0.3) is 0 Å². The molecular weight excluding hydrogens is 254 g/mol. The topological polar surface area (TPSA) is 61.9 Å². The monoisotopic (exact) mass is 274 g/mol. The molecule has 2 N–H and O–H groups in total. The van der Waals surface area contributed by atoms with Crippen LogP contribution in [0.25, 0.3) is 5.69 Å². The second-order valence-corrected chi connectivity index (χ2v) is 5.46. The highest BCUT2D eigenvalue weighted by atomic mass is 16.5. The maximum absolute atomic E-state index is 11.8. The third kappa shape index (κ3) is 2.67. The van der Waals surface area contributed by atoms with Crippen LogP contribution in [-0.2, 0) is 6.54 Å². The Morgan fingerprint density at radius 1 is 1.30 bits per heavy atom. The number of nitrogens with zero attached hydrogens (tertiary/aromatic N) is 1. The Morgan fingerprint density at radius 2 is 2.00 bits per heavy atom. The van der Waals surface area contributed by atoms with Gasteiger partial charge >= 0.3 is 11.3 Å². The molecule has 5 nitrogen and oxygen atoms in total. The lowest BCUT2D eigenvalue weighted by molar-refractivity contribution is -0.677. The van der Waals surface area contributed by atoms with E-state index in [2.05, 4.69) is 10.6 Å². The molecule has 0 bridgehead atoms. The van der Waals surface area contributed by atoms with Crippen molar-refractivity contribution < 1.29 is 9.20 Å². The third-order valence-electron chi connectivity index (χ3n) is 3.94. The molecule has 0 radical (unpaired) electrons. The highest BCUT2D eigenvalue weighted by Gasteiger charge is 2.24. The number of benzene rings is 1. The lowest BCUT2D eigenvalue weighted by atomic mass is 10.2. The van der Waals surface area contributed by atoms with Crippen LogP contribution in [-0.4, -0.2) is 11.3 Å². The summed E-state index contributed by atoms with van der Waals surface area (Å²) in [6.45, 7) is 2.57. The van der Waals surface area contributed by atoms with E-state index in [1.165, 1.54) is 31.2 Å². The molecule has 1 heterocycles. The summed E-state index contributed by atoms with van der Waals surface area (Å²) in [6.07, 6.45) is 4.94. The van der Waals surface area contributed by atoms with Crippen LogP contribution in [0.15, 0.2) is 33.6 Å². The molecule has 3 rings (SSSR count). The van der Waals surface area contributed by atoms with Crippen molar-refractivity contribution in [1.82, 2.24) is 10.6 Å². The second-order valence-electron chi connectivity index (χ2n) is 5.46. The summed E-state index contributed by atoms with van der Waals surface area (Å²) in [5.74, 6) is 0. The predicted molar refractivity (Wildman–Crippen MR) is 74.7 cm³/mol. The predicted octanol–water partition coefficient (Wildman–Crippen LogP) is 1.59. The second kappa shape index (κ2) is 5.63. The van der Waals surface area contributed by atoms with Crippen LogP contribution < -0.4 is 15.6 Å². The summed E-state index contributed by atoms with van der Waals surface area (Å²) in [6, 6.07) is 8.50. The van der Waals surface area contributed by atoms with E-state index in [1.807, 2.05) is 31.2 Å².